The molecule has 3 aromatic rings. The second kappa shape index (κ2) is 8.75. The molecule has 1 aliphatic heterocycles. The summed E-state index contributed by atoms with van der Waals surface area (Å²) in [6.07, 6.45) is 4.80. The van der Waals surface area contributed by atoms with Gasteiger partial charge in [0.05, 0.1) is 11.9 Å². The van der Waals surface area contributed by atoms with Crippen LogP contribution in [-0.2, 0) is 16.1 Å². The molecular formula is C23H21ClN4O3. The van der Waals surface area contributed by atoms with E-state index in [1.807, 2.05) is 36.4 Å². The molecule has 2 heterocycles. The Morgan fingerprint density at radius 3 is 2.65 bits per heavy atom. The number of hydrogen-bond donors (Lipinski definition) is 2. The lowest BCUT2D eigenvalue weighted by Crippen LogP contribution is -2.57. The molecule has 0 fully saturated rings. The number of rotatable bonds is 6. The standard InChI is InChI=1S/C23H21ClN4O3/c1-2-27-22(29)19(26-20-13-25-12-15-7-3-5-9-17(15)20)11-21(23(30)31)28(27)14-16-8-4-6-10-18(16)24/h3-13,21,26H,2,14H2,1H3,(H,30,31). The molecule has 4 rings (SSSR count). The van der Waals surface area contributed by atoms with Gasteiger partial charge in [0.1, 0.15) is 11.7 Å². The number of nitrogens with one attached hydrogen (secondary N) is 1. The highest BCUT2D eigenvalue weighted by atomic mass is 35.5. The molecule has 2 N–H and O–H groups in total. The number of carboxylic acids is 1. The molecule has 1 amide bonds. The minimum Gasteiger partial charge on any atom is -0.480 e. The van der Waals surface area contributed by atoms with Gasteiger partial charge in [-0.05, 0) is 24.6 Å². The fourth-order valence-corrected chi connectivity index (χ4v) is 3.88. The summed E-state index contributed by atoms with van der Waals surface area (Å²) >= 11 is 6.28. The monoisotopic (exact) mass is 436 g/mol. The number of anilines is 1. The van der Waals surface area contributed by atoms with Crippen LogP contribution in [0.4, 0.5) is 5.69 Å². The molecule has 0 saturated carbocycles. The summed E-state index contributed by atoms with van der Waals surface area (Å²) in [6.45, 7) is 2.30. The van der Waals surface area contributed by atoms with Gasteiger partial charge in [-0.25, -0.2) is 0 Å². The molecule has 158 valence electrons. The third-order valence-electron chi connectivity index (χ3n) is 5.20. The highest BCUT2D eigenvalue weighted by Gasteiger charge is 2.38. The molecular weight excluding hydrogens is 416 g/mol. The lowest BCUT2D eigenvalue weighted by Gasteiger charge is -2.41. The average Bonchev–Trinajstić information content (AvgIpc) is 2.77. The third kappa shape index (κ3) is 4.10. The van der Waals surface area contributed by atoms with Crippen molar-refractivity contribution in [2.75, 3.05) is 11.9 Å². The largest absolute Gasteiger partial charge is 0.480 e. The quantitative estimate of drug-likeness (QED) is 0.609. The lowest BCUT2D eigenvalue weighted by atomic mass is 10.1. The number of amides is 1. The molecule has 2 aromatic carbocycles. The number of pyridine rings is 1. The number of carboxylic acid groups (broad SMARTS) is 1. The van der Waals surface area contributed by atoms with Crippen molar-refractivity contribution in [1.82, 2.24) is 15.0 Å². The van der Waals surface area contributed by atoms with E-state index in [2.05, 4.69) is 10.3 Å². The lowest BCUT2D eigenvalue weighted by molar-refractivity contribution is -0.162. The predicted molar refractivity (Wildman–Crippen MR) is 119 cm³/mol. The number of carbonyl (C=O) groups is 2. The van der Waals surface area contributed by atoms with Gasteiger partial charge < -0.3 is 10.4 Å². The zero-order chi connectivity index (χ0) is 22.0. The van der Waals surface area contributed by atoms with Crippen LogP contribution in [0.1, 0.15) is 12.5 Å². The molecule has 1 aliphatic rings. The van der Waals surface area contributed by atoms with Crippen LogP contribution in [-0.4, -0.2) is 44.6 Å². The Labute approximate surface area is 184 Å². The van der Waals surface area contributed by atoms with Gasteiger partial charge in [-0.15, -0.1) is 0 Å². The molecule has 0 aliphatic carbocycles. The number of aliphatic carboxylic acids is 1. The number of nitrogens with zero attached hydrogens (tertiary/aromatic N) is 3. The number of halogens is 1. The van der Waals surface area contributed by atoms with E-state index in [4.69, 9.17) is 11.6 Å². The van der Waals surface area contributed by atoms with Crippen molar-refractivity contribution in [2.24, 2.45) is 0 Å². The third-order valence-corrected chi connectivity index (χ3v) is 5.57. The number of hydrogen-bond acceptors (Lipinski definition) is 5. The van der Waals surface area contributed by atoms with Crippen LogP contribution in [0.3, 0.4) is 0 Å². The van der Waals surface area contributed by atoms with Crippen molar-refractivity contribution in [2.45, 2.75) is 19.5 Å². The Morgan fingerprint density at radius 1 is 1.16 bits per heavy atom. The van der Waals surface area contributed by atoms with E-state index in [1.165, 1.54) is 16.1 Å². The summed E-state index contributed by atoms with van der Waals surface area (Å²) in [6, 6.07) is 13.8. The zero-order valence-electron chi connectivity index (χ0n) is 16.8. The Hall–Kier alpha value is -3.42. The Morgan fingerprint density at radius 2 is 1.90 bits per heavy atom. The second-order valence-corrected chi connectivity index (χ2v) is 7.51. The molecule has 1 aromatic heterocycles. The van der Waals surface area contributed by atoms with Crippen molar-refractivity contribution in [1.29, 1.82) is 0 Å². The Kier molecular flexibility index (Phi) is 5.88. The topological polar surface area (TPSA) is 85.8 Å². The maximum atomic E-state index is 13.3. The summed E-state index contributed by atoms with van der Waals surface area (Å²) in [5, 5.41) is 18.3. The van der Waals surface area contributed by atoms with Gasteiger partial charge in [0.25, 0.3) is 5.91 Å². The van der Waals surface area contributed by atoms with E-state index < -0.39 is 12.0 Å². The van der Waals surface area contributed by atoms with Crippen LogP contribution < -0.4 is 5.32 Å². The van der Waals surface area contributed by atoms with Crippen LogP contribution in [0.5, 0.6) is 0 Å². The maximum absolute atomic E-state index is 13.3. The van der Waals surface area contributed by atoms with Crippen LogP contribution in [0.15, 0.2) is 72.7 Å². The molecule has 7 nitrogen and oxygen atoms in total. The van der Waals surface area contributed by atoms with Gasteiger partial charge in [-0.2, -0.15) is 5.01 Å². The minimum absolute atomic E-state index is 0.190. The van der Waals surface area contributed by atoms with E-state index in [0.717, 1.165) is 16.3 Å². The summed E-state index contributed by atoms with van der Waals surface area (Å²) in [5.41, 5.74) is 1.57. The van der Waals surface area contributed by atoms with E-state index in [0.29, 0.717) is 17.3 Å². The molecule has 0 saturated heterocycles. The van der Waals surface area contributed by atoms with E-state index in [1.54, 1.807) is 31.5 Å². The van der Waals surface area contributed by atoms with Gasteiger partial charge in [0.15, 0.2) is 0 Å². The number of aromatic nitrogens is 1. The summed E-state index contributed by atoms with van der Waals surface area (Å²) < 4.78 is 0. The first-order chi connectivity index (χ1) is 15.0. The molecule has 1 unspecified atom stereocenters. The zero-order valence-corrected chi connectivity index (χ0v) is 17.6. The molecule has 31 heavy (non-hydrogen) atoms. The van der Waals surface area contributed by atoms with Crippen molar-refractivity contribution >= 4 is 39.9 Å². The van der Waals surface area contributed by atoms with Gasteiger partial charge in [-0.1, -0.05) is 54.1 Å². The van der Waals surface area contributed by atoms with Gasteiger partial charge >= 0.3 is 5.97 Å². The van der Waals surface area contributed by atoms with Crippen molar-refractivity contribution in [3.8, 4) is 0 Å². The Balaban J connectivity index is 1.71. The van der Waals surface area contributed by atoms with E-state index in [-0.39, 0.29) is 18.1 Å². The fourth-order valence-electron chi connectivity index (χ4n) is 3.69. The number of fused-ring (bicyclic) bond motifs is 1. The van der Waals surface area contributed by atoms with Gasteiger partial charge in [0, 0.05) is 35.1 Å². The highest BCUT2D eigenvalue weighted by Crippen LogP contribution is 2.28. The molecule has 0 spiro atoms. The first-order valence-corrected chi connectivity index (χ1v) is 10.2. The van der Waals surface area contributed by atoms with Crippen LogP contribution in [0, 0.1) is 0 Å². The molecule has 1 atom stereocenters. The van der Waals surface area contributed by atoms with E-state index >= 15 is 0 Å². The Bertz CT molecular complexity index is 1170. The van der Waals surface area contributed by atoms with Crippen molar-refractivity contribution in [3.05, 3.63) is 83.3 Å². The van der Waals surface area contributed by atoms with E-state index in [9.17, 15) is 14.7 Å². The smallest absolute Gasteiger partial charge is 0.326 e. The highest BCUT2D eigenvalue weighted by molar-refractivity contribution is 6.31. The first-order valence-electron chi connectivity index (χ1n) is 9.85. The summed E-state index contributed by atoms with van der Waals surface area (Å²) in [4.78, 5) is 29.6. The average molecular weight is 437 g/mol. The predicted octanol–water partition coefficient (Wildman–Crippen LogP) is 3.92. The molecule has 0 bridgehead atoms. The SMILES string of the molecule is CCN1C(=O)C(Nc2cncc3ccccc23)=CC(C(=O)O)N1Cc1ccccc1Cl. The van der Waals surface area contributed by atoms with Crippen LogP contribution in [0.2, 0.25) is 5.02 Å². The van der Waals surface area contributed by atoms with Crippen molar-refractivity contribution < 1.29 is 14.7 Å². The fraction of sp³-hybridized carbons (Fsp3) is 0.174. The summed E-state index contributed by atoms with van der Waals surface area (Å²) in [5.74, 6) is -1.38. The van der Waals surface area contributed by atoms with Gasteiger partial charge in [-0.3, -0.25) is 19.6 Å². The second-order valence-electron chi connectivity index (χ2n) is 7.11. The van der Waals surface area contributed by atoms with Crippen LogP contribution >= 0.6 is 11.6 Å². The maximum Gasteiger partial charge on any atom is 0.326 e. The van der Waals surface area contributed by atoms with Gasteiger partial charge in [0.2, 0.25) is 0 Å². The minimum atomic E-state index is -1.06. The molecule has 0 radical (unpaired) electrons. The van der Waals surface area contributed by atoms with Crippen LogP contribution in [0.25, 0.3) is 10.8 Å². The normalized spacial score (nSPS) is 17.0. The number of hydrazine groups is 1. The number of carbonyl (C=O) groups excluding carboxylic acids is 1. The summed E-state index contributed by atoms with van der Waals surface area (Å²) in [7, 11) is 0. The number of likely N-dealkylation sites (N-methyl/N-ethyl adjacent to an activating group) is 1. The van der Waals surface area contributed by atoms with Crippen molar-refractivity contribution in [3.63, 3.8) is 0 Å². The molecule has 8 heteroatoms. The number of benzene rings is 2. The first kappa shape index (κ1) is 20.8.